The predicted octanol–water partition coefficient (Wildman–Crippen LogP) is 2.74. The Labute approximate surface area is 118 Å². The van der Waals surface area contributed by atoms with Gasteiger partial charge in [-0.05, 0) is 37.1 Å². The predicted molar refractivity (Wildman–Crippen MR) is 79.1 cm³/mol. The van der Waals surface area contributed by atoms with Crippen molar-refractivity contribution in [1.29, 1.82) is 0 Å². The zero-order chi connectivity index (χ0) is 12.9. The lowest BCUT2D eigenvalue weighted by atomic mass is 9.84. The molecule has 1 saturated heterocycles. The Bertz CT molecular complexity index is 248. The maximum absolute atomic E-state index is 12.0. The van der Waals surface area contributed by atoms with Crippen LogP contribution in [0.25, 0.3) is 0 Å². The number of halogens is 1. The molecule has 2 N–H and O–H groups in total. The average Bonchev–Trinajstić information content (AvgIpc) is 2.25. The summed E-state index contributed by atoms with van der Waals surface area (Å²) in [6, 6.07) is 0.0404. The second kappa shape index (κ2) is 8.00. The van der Waals surface area contributed by atoms with Gasteiger partial charge < -0.3 is 10.6 Å². The van der Waals surface area contributed by atoms with E-state index < -0.39 is 0 Å². The van der Waals surface area contributed by atoms with E-state index in [4.69, 9.17) is 0 Å². The molecule has 1 aliphatic rings. The van der Waals surface area contributed by atoms with Gasteiger partial charge >= 0.3 is 0 Å². The zero-order valence-electron chi connectivity index (χ0n) is 12.2. The van der Waals surface area contributed by atoms with Crippen LogP contribution in [0.3, 0.4) is 0 Å². The van der Waals surface area contributed by atoms with Crippen LogP contribution in [0.15, 0.2) is 0 Å². The van der Waals surface area contributed by atoms with Gasteiger partial charge in [-0.1, -0.05) is 34.1 Å². The van der Waals surface area contributed by atoms with E-state index in [9.17, 15) is 4.79 Å². The summed E-state index contributed by atoms with van der Waals surface area (Å²) in [5.41, 5.74) is 0.193. The van der Waals surface area contributed by atoms with Gasteiger partial charge in [-0.3, -0.25) is 4.79 Å². The quantitative estimate of drug-likeness (QED) is 0.811. The number of hydrogen-bond donors (Lipinski definition) is 2. The highest BCUT2D eigenvalue weighted by atomic mass is 35.5. The number of carbonyl (C=O) groups is 1. The van der Waals surface area contributed by atoms with Crippen molar-refractivity contribution in [2.24, 2.45) is 11.3 Å². The minimum absolute atomic E-state index is 0. The van der Waals surface area contributed by atoms with Gasteiger partial charge in [0.25, 0.3) is 0 Å². The smallest absolute Gasteiger partial charge is 0.237 e. The van der Waals surface area contributed by atoms with Crippen LogP contribution < -0.4 is 10.6 Å². The van der Waals surface area contributed by atoms with Crippen LogP contribution in [-0.2, 0) is 4.79 Å². The summed E-state index contributed by atoms with van der Waals surface area (Å²) >= 11 is 0. The molecule has 1 aliphatic heterocycles. The molecule has 0 saturated carbocycles. The molecule has 0 aromatic rings. The molecule has 0 spiro atoms. The summed E-state index contributed by atoms with van der Waals surface area (Å²) in [7, 11) is 0. The number of rotatable bonds is 5. The van der Waals surface area contributed by atoms with Crippen LogP contribution in [0, 0.1) is 11.3 Å². The molecule has 1 heterocycles. The molecule has 0 aromatic carbocycles. The second-order valence-electron chi connectivity index (χ2n) is 6.48. The monoisotopic (exact) mass is 276 g/mol. The number of amides is 1. The first-order valence-electron chi connectivity index (χ1n) is 6.92. The fraction of sp³-hybridized carbons (Fsp3) is 0.929. The van der Waals surface area contributed by atoms with Crippen LogP contribution in [0.5, 0.6) is 0 Å². The van der Waals surface area contributed by atoms with Gasteiger partial charge in [-0.15, -0.1) is 12.4 Å². The first kappa shape index (κ1) is 17.7. The van der Waals surface area contributed by atoms with E-state index in [0.717, 1.165) is 25.9 Å². The SMILES string of the molecule is CC(C)CC(C)(C)CNC(=O)C1CCCCN1.Cl. The zero-order valence-corrected chi connectivity index (χ0v) is 13.0. The van der Waals surface area contributed by atoms with Gasteiger partial charge in [0.1, 0.15) is 0 Å². The summed E-state index contributed by atoms with van der Waals surface area (Å²) in [5.74, 6) is 0.858. The normalized spacial score (nSPS) is 20.4. The van der Waals surface area contributed by atoms with E-state index in [-0.39, 0.29) is 29.8 Å². The molecule has 18 heavy (non-hydrogen) atoms. The summed E-state index contributed by atoms with van der Waals surface area (Å²) in [5, 5.41) is 6.38. The third-order valence-corrected chi connectivity index (χ3v) is 3.33. The molecule has 1 rings (SSSR count). The van der Waals surface area contributed by atoms with Crippen LogP contribution in [0.4, 0.5) is 0 Å². The van der Waals surface area contributed by atoms with E-state index in [2.05, 4.69) is 38.3 Å². The van der Waals surface area contributed by atoms with Gasteiger partial charge in [0.2, 0.25) is 5.91 Å². The van der Waals surface area contributed by atoms with Crippen molar-refractivity contribution in [2.45, 2.75) is 59.4 Å². The van der Waals surface area contributed by atoms with Gasteiger partial charge in [0.15, 0.2) is 0 Å². The second-order valence-corrected chi connectivity index (χ2v) is 6.48. The summed E-state index contributed by atoms with van der Waals surface area (Å²) < 4.78 is 0. The molecular formula is C14H29ClN2O. The molecular weight excluding hydrogens is 248 g/mol. The summed E-state index contributed by atoms with van der Waals surface area (Å²) in [6.07, 6.45) is 4.49. The van der Waals surface area contributed by atoms with Crippen LogP contribution in [0.1, 0.15) is 53.4 Å². The molecule has 108 valence electrons. The molecule has 0 aliphatic carbocycles. The molecule has 3 nitrogen and oxygen atoms in total. The third kappa shape index (κ3) is 6.60. The Balaban J connectivity index is 0.00000289. The molecule has 0 aromatic heterocycles. The molecule has 1 atom stereocenters. The van der Waals surface area contributed by atoms with E-state index in [1.165, 1.54) is 12.8 Å². The summed E-state index contributed by atoms with van der Waals surface area (Å²) in [4.78, 5) is 12.0. The van der Waals surface area contributed by atoms with Crippen molar-refractivity contribution in [3.05, 3.63) is 0 Å². The lowest BCUT2D eigenvalue weighted by Gasteiger charge is -2.29. The van der Waals surface area contributed by atoms with Gasteiger partial charge in [0, 0.05) is 6.54 Å². The van der Waals surface area contributed by atoms with E-state index >= 15 is 0 Å². The fourth-order valence-corrected chi connectivity index (χ4v) is 2.70. The Morgan fingerprint density at radius 3 is 2.56 bits per heavy atom. The molecule has 1 unspecified atom stereocenters. The van der Waals surface area contributed by atoms with E-state index in [1.54, 1.807) is 0 Å². The van der Waals surface area contributed by atoms with Crippen molar-refractivity contribution in [3.63, 3.8) is 0 Å². The Morgan fingerprint density at radius 1 is 1.39 bits per heavy atom. The minimum Gasteiger partial charge on any atom is -0.354 e. The standard InChI is InChI=1S/C14H28N2O.ClH/c1-11(2)9-14(3,4)10-16-13(17)12-7-5-6-8-15-12;/h11-12,15H,5-10H2,1-4H3,(H,16,17);1H. The maximum Gasteiger partial charge on any atom is 0.237 e. The molecule has 0 radical (unpaired) electrons. The Kier molecular flexibility index (Phi) is 7.88. The van der Waals surface area contributed by atoms with Gasteiger partial charge in [-0.25, -0.2) is 0 Å². The van der Waals surface area contributed by atoms with Crippen molar-refractivity contribution < 1.29 is 4.79 Å². The first-order chi connectivity index (χ1) is 7.91. The third-order valence-electron chi connectivity index (χ3n) is 3.33. The highest BCUT2D eigenvalue weighted by molar-refractivity contribution is 5.85. The van der Waals surface area contributed by atoms with Crippen molar-refractivity contribution in [1.82, 2.24) is 10.6 Å². The van der Waals surface area contributed by atoms with Crippen molar-refractivity contribution in [3.8, 4) is 0 Å². The molecule has 0 bridgehead atoms. The molecule has 1 amide bonds. The Morgan fingerprint density at radius 2 is 2.06 bits per heavy atom. The number of nitrogens with one attached hydrogen (secondary N) is 2. The Hall–Kier alpha value is -0.280. The highest BCUT2D eigenvalue weighted by Gasteiger charge is 2.24. The lowest BCUT2D eigenvalue weighted by Crippen LogP contribution is -2.48. The molecule has 4 heteroatoms. The van der Waals surface area contributed by atoms with Crippen molar-refractivity contribution >= 4 is 18.3 Å². The van der Waals surface area contributed by atoms with E-state index in [1.807, 2.05) is 0 Å². The average molecular weight is 277 g/mol. The van der Waals surface area contributed by atoms with Gasteiger partial charge in [0.05, 0.1) is 6.04 Å². The van der Waals surface area contributed by atoms with Crippen LogP contribution in [0.2, 0.25) is 0 Å². The first-order valence-corrected chi connectivity index (χ1v) is 6.92. The number of hydrogen-bond acceptors (Lipinski definition) is 2. The maximum atomic E-state index is 12.0. The topological polar surface area (TPSA) is 41.1 Å². The van der Waals surface area contributed by atoms with Crippen LogP contribution >= 0.6 is 12.4 Å². The van der Waals surface area contributed by atoms with Gasteiger partial charge in [-0.2, -0.15) is 0 Å². The number of piperidine rings is 1. The van der Waals surface area contributed by atoms with Crippen molar-refractivity contribution in [2.75, 3.05) is 13.1 Å². The summed E-state index contributed by atoms with van der Waals surface area (Å²) in [6.45, 7) is 10.7. The number of carbonyl (C=O) groups excluding carboxylic acids is 1. The largest absolute Gasteiger partial charge is 0.354 e. The lowest BCUT2D eigenvalue weighted by molar-refractivity contribution is -0.124. The van der Waals surface area contributed by atoms with E-state index in [0.29, 0.717) is 5.92 Å². The fourth-order valence-electron chi connectivity index (χ4n) is 2.70. The minimum atomic E-state index is 0. The van der Waals surface area contributed by atoms with Crippen LogP contribution in [-0.4, -0.2) is 25.0 Å². The molecule has 1 fully saturated rings. The highest BCUT2D eigenvalue weighted by Crippen LogP contribution is 2.24.